The molecule has 24 heavy (non-hydrogen) atoms. The van der Waals surface area contributed by atoms with Crippen LogP contribution in [0.1, 0.15) is 29.7 Å². The Labute approximate surface area is 139 Å². The third-order valence-electron chi connectivity index (χ3n) is 4.10. The topological polar surface area (TPSA) is 88.5 Å². The van der Waals surface area contributed by atoms with E-state index in [-0.39, 0.29) is 18.9 Å². The van der Waals surface area contributed by atoms with Gasteiger partial charge in [0.1, 0.15) is 22.7 Å². The summed E-state index contributed by atoms with van der Waals surface area (Å²) in [5.41, 5.74) is 0.880. The molecule has 3 rings (SSSR count). The van der Waals surface area contributed by atoms with Crippen LogP contribution in [-0.2, 0) is 16.8 Å². The fourth-order valence-electron chi connectivity index (χ4n) is 2.58. The highest BCUT2D eigenvalue weighted by Crippen LogP contribution is 2.27. The van der Waals surface area contributed by atoms with E-state index < -0.39 is 5.60 Å². The summed E-state index contributed by atoms with van der Waals surface area (Å²) in [6.45, 7) is 5.23. The lowest BCUT2D eigenvalue weighted by molar-refractivity contribution is -0.121. The van der Waals surface area contributed by atoms with Crippen LogP contribution in [-0.4, -0.2) is 22.7 Å². The first-order chi connectivity index (χ1) is 11.4. The van der Waals surface area contributed by atoms with E-state index in [1.54, 1.807) is 26.8 Å². The molecule has 0 saturated carbocycles. The van der Waals surface area contributed by atoms with Crippen molar-refractivity contribution in [1.82, 2.24) is 10.5 Å². The van der Waals surface area contributed by atoms with Crippen molar-refractivity contribution in [2.24, 2.45) is 0 Å². The molecule has 2 N–H and O–H groups in total. The number of hydrogen-bond acceptors (Lipinski definition) is 5. The fraction of sp³-hybridized carbons (Fsp3) is 0.333. The molecule has 0 aliphatic carbocycles. The minimum Gasteiger partial charge on any atom is -0.458 e. The molecule has 1 unspecified atom stereocenters. The van der Waals surface area contributed by atoms with Crippen LogP contribution in [0.15, 0.2) is 39.3 Å². The fourth-order valence-corrected chi connectivity index (χ4v) is 2.58. The van der Waals surface area contributed by atoms with Gasteiger partial charge in [-0.3, -0.25) is 4.79 Å². The molecule has 0 spiro atoms. The predicted molar refractivity (Wildman–Crippen MR) is 88.5 cm³/mol. The Kier molecular flexibility index (Phi) is 4.15. The summed E-state index contributed by atoms with van der Waals surface area (Å²) in [6, 6.07) is 9.31. The lowest BCUT2D eigenvalue weighted by Crippen LogP contribution is -2.39. The van der Waals surface area contributed by atoms with Crippen molar-refractivity contribution in [2.45, 2.75) is 32.8 Å². The highest BCUT2D eigenvalue weighted by molar-refractivity contribution is 5.79. The average Bonchev–Trinajstić information content (AvgIpc) is 3.12. The molecule has 6 nitrogen and oxygen atoms in total. The predicted octanol–water partition coefficient (Wildman–Crippen LogP) is 2.60. The van der Waals surface area contributed by atoms with Crippen LogP contribution in [0.2, 0.25) is 0 Å². The summed E-state index contributed by atoms with van der Waals surface area (Å²) < 4.78 is 10.7. The lowest BCUT2D eigenvalue weighted by Gasteiger charge is -2.21. The second-order valence-corrected chi connectivity index (χ2v) is 6.18. The summed E-state index contributed by atoms with van der Waals surface area (Å²) in [4.78, 5) is 12.1. The van der Waals surface area contributed by atoms with Gasteiger partial charge in [-0.15, -0.1) is 0 Å². The van der Waals surface area contributed by atoms with E-state index in [2.05, 4.69) is 10.5 Å². The molecule has 0 aliphatic rings. The Balaban J connectivity index is 1.67. The maximum Gasteiger partial charge on any atom is 0.224 e. The molecule has 0 fully saturated rings. The summed E-state index contributed by atoms with van der Waals surface area (Å²) >= 11 is 0. The Hall–Kier alpha value is -2.60. The average molecular weight is 328 g/mol. The highest BCUT2D eigenvalue weighted by atomic mass is 16.5. The molecular formula is C18H20N2O4. The van der Waals surface area contributed by atoms with Gasteiger partial charge in [-0.2, -0.15) is 0 Å². The van der Waals surface area contributed by atoms with Crippen LogP contribution in [0, 0.1) is 13.8 Å². The molecule has 1 amide bonds. The van der Waals surface area contributed by atoms with Crippen LogP contribution in [0.4, 0.5) is 0 Å². The maximum atomic E-state index is 12.1. The van der Waals surface area contributed by atoms with Gasteiger partial charge < -0.3 is 19.4 Å². The third kappa shape index (κ3) is 3.19. The van der Waals surface area contributed by atoms with E-state index in [9.17, 15) is 9.90 Å². The van der Waals surface area contributed by atoms with Crippen molar-refractivity contribution in [3.8, 4) is 0 Å². The largest absolute Gasteiger partial charge is 0.458 e. The number of nitrogens with zero attached hydrogens (tertiary/aromatic N) is 1. The first-order valence-corrected chi connectivity index (χ1v) is 7.77. The molecule has 0 saturated heterocycles. The highest BCUT2D eigenvalue weighted by Gasteiger charge is 2.28. The van der Waals surface area contributed by atoms with Crippen LogP contribution in [0.25, 0.3) is 11.0 Å². The molecule has 6 heteroatoms. The lowest BCUT2D eigenvalue weighted by atomic mass is 10.0. The number of aromatic nitrogens is 1. The number of para-hydroxylation sites is 1. The molecule has 2 heterocycles. The van der Waals surface area contributed by atoms with Crippen molar-refractivity contribution in [1.29, 1.82) is 0 Å². The second-order valence-electron chi connectivity index (χ2n) is 6.18. The molecule has 0 aliphatic heterocycles. The molecule has 1 aromatic carbocycles. The number of amides is 1. The zero-order valence-electron chi connectivity index (χ0n) is 13.9. The molecule has 1 atom stereocenters. The van der Waals surface area contributed by atoms with Gasteiger partial charge in [-0.25, -0.2) is 0 Å². The molecule has 126 valence electrons. The second kappa shape index (κ2) is 6.13. The van der Waals surface area contributed by atoms with Crippen LogP contribution in [0.3, 0.4) is 0 Å². The Morgan fingerprint density at radius 2 is 2.08 bits per heavy atom. The SMILES string of the molecule is Cc1noc(C)c1CC(=O)NCC(C)(O)c1cc2ccccc2o1. The number of benzene rings is 1. The van der Waals surface area contributed by atoms with Crippen molar-refractivity contribution in [2.75, 3.05) is 6.54 Å². The number of carbonyl (C=O) groups is 1. The standard InChI is InChI=1S/C18H20N2O4/c1-11-14(12(2)24-20-11)9-17(21)19-10-18(3,22)16-8-13-6-4-5-7-15(13)23-16/h4-8,22H,9-10H2,1-3H3,(H,19,21). The molecule has 0 bridgehead atoms. The summed E-state index contributed by atoms with van der Waals surface area (Å²) in [7, 11) is 0. The molecular weight excluding hydrogens is 308 g/mol. The van der Waals surface area contributed by atoms with E-state index in [4.69, 9.17) is 8.94 Å². The number of furan rings is 1. The van der Waals surface area contributed by atoms with Gasteiger partial charge >= 0.3 is 0 Å². The number of hydrogen-bond donors (Lipinski definition) is 2. The van der Waals surface area contributed by atoms with Crippen LogP contribution >= 0.6 is 0 Å². The first-order valence-electron chi connectivity index (χ1n) is 7.77. The Bertz CT molecular complexity index is 824. The summed E-state index contributed by atoms with van der Waals surface area (Å²) in [5, 5.41) is 18.1. The van der Waals surface area contributed by atoms with E-state index in [0.717, 1.165) is 10.9 Å². The van der Waals surface area contributed by atoms with Gasteiger partial charge in [0.05, 0.1) is 18.7 Å². The Morgan fingerprint density at radius 1 is 1.33 bits per heavy atom. The van der Waals surface area contributed by atoms with Crippen LogP contribution < -0.4 is 5.32 Å². The minimum atomic E-state index is -1.30. The quantitative estimate of drug-likeness (QED) is 0.751. The van der Waals surface area contributed by atoms with E-state index >= 15 is 0 Å². The van der Waals surface area contributed by atoms with E-state index in [1.165, 1.54) is 0 Å². The number of carbonyl (C=O) groups excluding carboxylic acids is 1. The maximum absolute atomic E-state index is 12.1. The van der Waals surface area contributed by atoms with Gasteiger partial charge in [0.15, 0.2) is 0 Å². The van der Waals surface area contributed by atoms with Gasteiger partial charge in [-0.05, 0) is 32.9 Å². The van der Waals surface area contributed by atoms with Crippen molar-refractivity contribution in [3.63, 3.8) is 0 Å². The third-order valence-corrected chi connectivity index (χ3v) is 4.10. The number of rotatable bonds is 5. The molecule has 2 aromatic heterocycles. The molecule has 0 radical (unpaired) electrons. The van der Waals surface area contributed by atoms with Crippen molar-refractivity contribution in [3.05, 3.63) is 53.1 Å². The normalized spacial score (nSPS) is 13.8. The minimum absolute atomic E-state index is 0.0506. The van der Waals surface area contributed by atoms with Crippen molar-refractivity contribution < 1.29 is 18.8 Å². The van der Waals surface area contributed by atoms with Crippen LogP contribution in [0.5, 0.6) is 0 Å². The number of fused-ring (bicyclic) bond motifs is 1. The number of aliphatic hydroxyl groups is 1. The summed E-state index contributed by atoms with van der Waals surface area (Å²) in [6.07, 6.45) is 0.164. The van der Waals surface area contributed by atoms with Crippen molar-refractivity contribution >= 4 is 16.9 Å². The van der Waals surface area contributed by atoms with E-state index in [0.29, 0.717) is 22.8 Å². The smallest absolute Gasteiger partial charge is 0.224 e. The first kappa shape index (κ1) is 16.3. The van der Waals surface area contributed by atoms with Gasteiger partial charge in [0.2, 0.25) is 5.91 Å². The van der Waals surface area contributed by atoms with E-state index in [1.807, 2.05) is 24.3 Å². The zero-order chi connectivity index (χ0) is 17.3. The summed E-state index contributed by atoms with van der Waals surface area (Å²) in [5.74, 6) is 0.841. The van der Waals surface area contributed by atoms with Gasteiger partial charge in [0.25, 0.3) is 0 Å². The number of aryl methyl sites for hydroxylation is 2. The van der Waals surface area contributed by atoms with Gasteiger partial charge in [-0.1, -0.05) is 23.4 Å². The number of nitrogens with one attached hydrogen (secondary N) is 1. The monoisotopic (exact) mass is 328 g/mol. The van der Waals surface area contributed by atoms with Gasteiger partial charge in [0, 0.05) is 10.9 Å². The Morgan fingerprint density at radius 3 is 2.75 bits per heavy atom. The zero-order valence-corrected chi connectivity index (χ0v) is 13.9. The molecule has 3 aromatic rings.